The van der Waals surface area contributed by atoms with E-state index in [0.29, 0.717) is 12.0 Å². The topological polar surface area (TPSA) is 172 Å². The van der Waals surface area contributed by atoms with Gasteiger partial charge in [-0.25, -0.2) is 9.59 Å². The van der Waals surface area contributed by atoms with Gasteiger partial charge in [0, 0.05) is 12.5 Å². The monoisotopic (exact) mass is 588 g/mol. The summed E-state index contributed by atoms with van der Waals surface area (Å²) in [5.74, 6) is -2.64. The highest BCUT2D eigenvalue weighted by molar-refractivity contribution is 5.95. The Balaban J connectivity index is 2.30. The maximum absolute atomic E-state index is 13.3. The first-order valence-corrected chi connectivity index (χ1v) is 14.1. The minimum atomic E-state index is -1.11. The Morgan fingerprint density at radius 3 is 2.29 bits per heavy atom. The molecule has 4 atom stereocenters. The third kappa shape index (κ3) is 11.8. The average molecular weight is 589 g/mol. The lowest BCUT2D eigenvalue weighted by Crippen LogP contribution is -2.55. The van der Waals surface area contributed by atoms with Crippen LogP contribution >= 0.6 is 0 Å². The van der Waals surface area contributed by atoms with Gasteiger partial charge in [-0.1, -0.05) is 45.9 Å². The van der Waals surface area contributed by atoms with E-state index in [2.05, 4.69) is 21.3 Å². The van der Waals surface area contributed by atoms with Crippen LogP contribution in [0.1, 0.15) is 60.5 Å². The number of phenolic OH excluding ortho intramolecular Hbond substituents is 1. The Morgan fingerprint density at radius 1 is 1.07 bits per heavy atom. The van der Waals surface area contributed by atoms with E-state index < -0.39 is 59.6 Å². The number of nitrogens with one attached hydrogen (secondary N) is 4. The molecule has 0 bridgehead atoms. The number of phenols is 1. The lowest BCUT2D eigenvalue weighted by Gasteiger charge is -2.27. The first-order valence-electron chi connectivity index (χ1n) is 14.1. The summed E-state index contributed by atoms with van der Waals surface area (Å²) < 4.78 is 10.8. The van der Waals surface area contributed by atoms with Gasteiger partial charge in [-0.15, -0.1) is 0 Å². The molecule has 1 heterocycles. The minimum absolute atomic E-state index is 0.0448. The molecule has 0 aromatic heterocycles. The van der Waals surface area contributed by atoms with Crippen molar-refractivity contribution in [2.45, 2.75) is 91.1 Å². The van der Waals surface area contributed by atoms with Crippen LogP contribution < -0.4 is 21.3 Å². The number of carbonyl (C=O) groups excluding carboxylic acids is 5. The van der Waals surface area contributed by atoms with E-state index in [1.807, 2.05) is 13.8 Å². The number of amides is 4. The Kier molecular flexibility index (Phi) is 12.4. The van der Waals surface area contributed by atoms with Crippen LogP contribution in [0.3, 0.4) is 0 Å². The summed E-state index contributed by atoms with van der Waals surface area (Å²) in [5.41, 5.74) is -0.109. The first kappa shape index (κ1) is 34.1. The van der Waals surface area contributed by atoms with Crippen molar-refractivity contribution in [3.05, 3.63) is 42.0 Å². The molecule has 1 aliphatic rings. The van der Waals surface area contributed by atoms with Gasteiger partial charge in [-0.3, -0.25) is 14.4 Å². The molecule has 12 nitrogen and oxygen atoms in total. The highest BCUT2D eigenvalue weighted by Crippen LogP contribution is 2.14. The zero-order chi connectivity index (χ0) is 31.6. The van der Waals surface area contributed by atoms with Crippen LogP contribution in [0.5, 0.6) is 5.75 Å². The van der Waals surface area contributed by atoms with E-state index in [0.717, 1.165) is 6.08 Å². The maximum atomic E-state index is 13.3. The molecule has 0 spiro atoms. The number of benzene rings is 1. The largest absolute Gasteiger partial charge is 0.508 e. The first-order chi connectivity index (χ1) is 19.5. The van der Waals surface area contributed by atoms with Crippen molar-refractivity contribution >= 4 is 29.8 Å². The van der Waals surface area contributed by atoms with Crippen LogP contribution in [-0.4, -0.2) is 71.3 Å². The van der Waals surface area contributed by atoms with Crippen LogP contribution in [0.2, 0.25) is 0 Å². The van der Waals surface area contributed by atoms with Gasteiger partial charge in [-0.05, 0) is 56.7 Å². The number of alkyl carbamates (subject to hydrolysis) is 1. The molecule has 12 heteroatoms. The predicted octanol–water partition coefficient (Wildman–Crippen LogP) is 2.10. The fraction of sp³-hybridized carbons (Fsp3) is 0.567. The molecule has 1 aromatic rings. The standard InChI is InChI=1S/C30H44N4O8/c1-17(2)14-22(33-29(40)42-30(5,6)7)26(37)31-20-10-13-24(36)34-25(18(3)4)27(38)32-23(28(39)41-16-20)15-19-8-11-21(35)12-9-19/h8-13,17-18,20,22-23,25,35H,14-16H2,1-7H3,(H,31,37)(H,32,38)(H,33,40)(H,34,36)/b13-10+/t20-,22+,23+,25+/m1/s1. The summed E-state index contributed by atoms with van der Waals surface area (Å²) in [7, 11) is 0. The van der Waals surface area contributed by atoms with E-state index in [4.69, 9.17) is 9.47 Å². The summed E-state index contributed by atoms with van der Waals surface area (Å²) in [5, 5.41) is 20.2. The lowest BCUT2D eigenvalue weighted by atomic mass is 10.0. The summed E-state index contributed by atoms with van der Waals surface area (Å²) >= 11 is 0. The maximum Gasteiger partial charge on any atom is 0.408 e. The van der Waals surface area contributed by atoms with Crippen molar-refractivity contribution in [3.8, 4) is 5.75 Å². The Bertz CT molecular complexity index is 1140. The quantitative estimate of drug-likeness (QED) is 0.287. The number of hydrogen-bond acceptors (Lipinski definition) is 8. The molecule has 42 heavy (non-hydrogen) atoms. The Morgan fingerprint density at radius 2 is 1.71 bits per heavy atom. The van der Waals surface area contributed by atoms with Crippen molar-refractivity contribution in [3.63, 3.8) is 0 Å². The van der Waals surface area contributed by atoms with Gasteiger partial charge in [0.05, 0.1) is 6.04 Å². The van der Waals surface area contributed by atoms with E-state index in [1.165, 1.54) is 18.2 Å². The molecule has 0 fully saturated rings. The molecule has 0 saturated heterocycles. The van der Waals surface area contributed by atoms with Crippen LogP contribution in [0.15, 0.2) is 36.4 Å². The molecule has 0 radical (unpaired) electrons. The normalized spacial score (nSPS) is 21.6. The van der Waals surface area contributed by atoms with Gasteiger partial charge in [0.1, 0.15) is 36.1 Å². The summed E-state index contributed by atoms with van der Waals surface area (Å²) in [6.45, 7) is 12.1. The smallest absolute Gasteiger partial charge is 0.408 e. The molecule has 1 aliphatic heterocycles. The number of carbonyl (C=O) groups is 5. The predicted molar refractivity (Wildman–Crippen MR) is 155 cm³/mol. The number of esters is 1. The summed E-state index contributed by atoms with van der Waals surface area (Å²) in [6, 6.07) is 2.22. The van der Waals surface area contributed by atoms with E-state index >= 15 is 0 Å². The Labute approximate surface area is 247 Å². The number of rotatable bonds is 8. The van der Waals surface area contributed by atoms with E-state index in [-0.39, 0.29) is 30.6 Å². The molecule has 5 N–H and O–H groups in total. The fourth-order valence-electron chi connectivity index (χ4n) is 4.12. The number of aromatic hydroxyl groups is 1. The minimum Gasteiger partial charge on any atom is -0.508 e. The molecule has 4 amide bonds. The second-order valence-electron chi connectivity index (χ2n) is 12.1. The molecule has 2 rings (SSSR count). The van der Waals surface area contributed by atoms with E-state index in [1.54, 1.807) is 46.8 Å². The third-order valence-electron chi connectivity index (χ3n) is 6.15. The zero-order valence-electron chi connectivity index (χ0n) is 25.4. The molecule has 0 unspecified atom stereocenters. The summed E-state index contributed by atoms with van der Waals surface area (Å²) in [6.07, 6.45) is 2.14. The van der Waals surface area contributed by atoms with Crippen molar-refractivity contribution in [2.75, 3.05) is 6.61 Å². The van der Waals surface area contributed by atoms with Gasteiger partial charge < -0.3 is 35.8 Å². The van der Waals surface area contributed by atoms with Crippen molar-refractivity contribution in [1.29, 1.82) is 0 Å². The fourth-order valence-corrected chi connectivity index (χ4v) is 4.12. The van der Waals surface area contributed by atoms with Crippen LogP contribution in [0.4, 0.5) is 4.79 Å². The molecule has 232 valence electrons. The van der Waals surface area contributed by atoms with Crippen LogP contribution in [0, 0.1) is 11.8 Å². The molecular formula is C30H44N4O8. The van der Waals surface area contributed by atoms with Gasteiger partial charge in [0.15, 0.2) is 0 Å². The van der Waals surface area contributed by atoms with Gasteiger partial charge in [0.25, 0.3) is 0 Å². The average Bonchev–Trinajstić information content (AvgIpc) is 2.86. The molecule has 0 saturated carbocycles. The zero-order valence-corrected chi connectivity index (χ0v) is 25.4. The molecule has 0 aliphatic carbocycles. The number of ether oxygens (including phenoxy) is 2. The van der Waals surface area contributed by atoms with Crippen LogP contribution in [-0.2, 0) is 35.1 Å². The third-order valence-corrected chi connectivity index (χ3v) is 6.15. The number of hydrogen-bond donors (Lipinski definition) is 5. The second-order valence-corrected chi connectivity index (χ2v) is 12.1. The van der Waals surface area contributed by atoms with Gasteiger partial charge in [-0.2, -0.15) is 0 Å². The molecule has 1 aromatic carbocycles. The number of cyclic esters (lactones) is 1. The van der Waals surface area contributed by atoms with Crippen molar-refractivity contribution < 1.29 is 38.6 Å². The van der Waals surface area contributed by atoms with Crippen molar-refractivity contribution in [1.82, 2.24) is 21.3 Å². The highest BCUT2D eigenvalue weighted by atomic mass is 16.6. The van der Waals surface area contributed by atoms with E-state index in [9.17, 15) is 29.1 Å². The highest BCUT2D eigenvalue weighted by Gasteiger charge is 2.31. The summed E-state index contributed by atoms with van der Waals surface area (Å²) in [4.78, 5) is 64.7. The van der Waals surface area contributed by atoms with Crippen LogP contribution in [0.25, 0.3) is 0 Å². The van der Waals surface area contributed by atoms with Crippen molar-refractivity contribution in [2.24, 2.45) is 11.8 Å². The second kappa shape index (κ2) is 15.2. The Hall–Kier alpha value is -4.09. The van der Waals surface area contributed by atoms with Gasteiger partial charge >= 0.3 is 12.1 Å². The van der Waals surface area contributed by atoms with Gasteiger partial charge in [0.2, 0.25) is 17.7 Å². The molecular weight excluding hydrogens is 544 g/mol. The SMILES string of the molecule is CC(C)C[C@H](NC(=O)OC(C)(C)C)C(=O)N[C@@H]1/C=C/C(=O)N[C@@H](C(C)C)C(=O)N[C@@H](Cc2ccc(O)cc2)C(=O)OC1. The lowest BCUT2D eigenvalue weighted by molar-refractivity contribution is -0.149.